The van der Waals surface area contributed by atoms with E-state index in [1.165, 1.54) is 17.3 Å². The van der Waals surface area contributed by atoms with Crippen molar-refractivity contribution in [3.63, 3.8) is 0 Å². The molecular formula is C18H19N5O2S. The van der Waals surface area contributed by atoms with E-state index in [0.29, 0.717) is 11.7 Å². The number of furan rings is 1. The van der Waals surface area contributed by atoms with Crippen molar-refractivity contribution < 1.29 is 9.21 Å². The highest BCUT2D eigenvalue weighted by atomic mass is 32.2. The molecule has 0 saturated carbocycles. The third-order valence-electron chi connectivity index (χ3n) is 4.39. The largest absolute Gasteiger partial charge is 0.467 e. The van der Waals surface area contributed by atoms with Crippen molar-refractivity contribution in [2.75, 3.05) is 11.4 Å². The van der Waals surface area contributed by atoms with Gasteiger partial charge in [-0.15, -0.1) is 5.10 Å². The maximum atomic E-state index is 13.0. The first-order valence-electron chi connectivity index (χ1n) is 8.57. The van der Waals surface area contributed by atoms with Crippen molar-refractivity contribution in [2.45, 2.75) is 36.7 Å². The number of anilines is 1. The van der Waals surface area contributed by atoms with Crippen LogP contribution in [0.3, 0.4) is 0 Å². The van der Waals surface area contributed by atoms with Gasteiger partial charge in [-0.2, -0.15) is 0 Å². The number of hydrogen-bond acceptors (Lipinski definition) is 6. The summed E-state index contributed by atoms with van der Waals surface area (Å²) in [6, 6.07) is 11.8. The van der Waals surface area contributed by atoms with Gasteiger partial charge in [0, 0.05) is 12.2 Å². The Bertz CT molecular complexity index is 893. The normalized spacial score (nSPS) is 14.9. The van der Waals surface area contributed by atoms with Crippen LogP contribution in [0.1, 0.15) is 24.7 Å². The minimum Gasteiger partial charge on any atom is -0.467 e. The van der Waals surface area contributed by atoms with E-state index in [0.717, 1.165) is 30.8 Å². The van der Waals surface area contributed by atoms with Crippen LogP contribution in [0.5, 0.6) is 0 Å². The van der Waals surface area contributed by atoms with Gasteiger partial charge in [0.25, 0.3) is 0 Å². The Morgan fingerprint density at radius 3 is 3.04 bits per heavy atom. The number of benzene rings is 1. The molecule has 7 nitrogen and oxygen atoms in total. The van der Waals surface area contributed by atoms with Gasteiger partial charge in [0.05, 0.1) is 11.5 Å². The molecule has 0 radical (unpaired) electrons. The quantitative estimate of drug-likeness (QED) is 0.644. The Morgan fingerprint density at radius 2 is 2.19 bits per heavy atom. The van der Waals surface area contributed by atoms with Crippen LogP contribution in [0.25, 0.3) is 0 Å². The minimum absolute atomic E-state index is 0.0784. The van der Waals surface area contributed by atoms with Crippen molar-refractivity contribution in [1.82, 2.24) is 20.2 Å². The summed E-state index contributed by atoms with van der Waals surface area (Å²) >= 11 is 1.37. The maximum absolute atomic E-state index is 13.0. The molecule has 1 aliphatic rings. The fourth-order valence-corrected chi connectivity index (χ4v) is 3.97. The molecule has 1 atom stereocenters. The SMILES string of the molecule is CC(Sc1nnnn1Cc1ccco1)C(=O)N1CCCc2ccccc21. The van der Waals surface area contributed by atoms with Crippen LogP contribution in [-0.2, 0) is 17.8 Å². The second-order valence-corrected chi connectivity index (χ2v) is 7.49. The van der Waals surface area contributed by atoms with E-state index in [1.807, 2.05) is 42.2 Å². The molecule has 3 heterocycles. The number of rotatable bonds is 5. The van der Waals surface area contributed by atoms with Gasteiger partial charge >= 0.3 is 0 Å². The maximum Gasteiger partial charge on any atom is 0.240 e. The minimum atomic E-state index is -0.289. The summed E-state index contributed by atoms with van der Waals surface area (Å²) in [6.07, 6.45) is 3.62. The van der Waals surface area contributed by atoms with Gasteiger partial charge in [-0.05, 0) is 54.0 Å². The number of aryl methyl sites for hydroxylation is 1. The Kier molecular flexibility index (Phi) is 4.75. The zero-order valence-electron chi connectivity index (χ0n) is 14.4. The molecule has 8 heteroatoms. The predicted molar refractivity (Wildman–Crippen MR) is 98.1 cm³/mol. The highest BCUT2D eigenvalue weighted by Gasteiger charge is 2.28. The van der Waals surface area contributed by atoms with Crippen molar-refractivity contribution in [1.29, 1.82) is 0 Å². The molecule has 0 N–H and O–H groups in total. The number of tetrazole rings is 1. The molecule has 0 fully saturated rings. The molecule has 0 aliphatic carbocycles. The zero-order valence-corrected chi connectivity index (χ0v) is 15.2. The molecule has 1 amide bonds. The number of nitrogens with zero attached hydrogens (tertiary/aromatic N) is 5. The number of fused-ring (bicyclic) bond motifs is 1. The summed E-state index contributed by atoms with van der Waals surface area (Å²) in [6.45, 7) is 3.09. The second kappa shape index (κ2) is 7.33. The molecule has 1 aromatic carbocycles. The fourth-order valence-electron chi connectivity index (χ4n) is 3.12. The van der Waals surface area contributed by atoms with E-state index in [4.69, 9.17) is 4.42 Å². The first-order valence-corrected chi connectivity index (χ1v) is 9.45. The number of aromatic nitrogens is 4. The van der Waals surface area contributed by atoms with Gasteiger partial charge in [0.1, 0.15) is 12.3 Å². The average molecular weight is 369 g/mol. The average Bonchev–Trinajstić information content (AvgIpc) is 3.33. The molecule has 0 saturated heterocycles. The topological polar surface area (TPSA) is 77.0 Å². The van der Waals surface area contributed by atoms with Crippen LogP contribution < -0.4 is 4.90 Å². The highest BCUT2D eigenvalue weighted by molar-refractivity contribution is 8.00. The van der Waals surface area contributed by atoms with E-state index >= 15 is 0 Å². The van der Waals surface area contributed by atoms with E-state index in [2.05, 4.69) is 21.6 Å². The third-order valence-corrected chi connectivity index (χ3v) is 5.45. The lowest BCUT2D eigenvalue weighted by Crippen LogP contribution is -2.40. The van der Waals surface area contributed by atoms with Gasteiger partial charge in [-0.1, -0.05) is 30.0 Å². The van der Waals surface area contributed by atoms with Gasteiger partial charge in [-0.25, -0.2) is 4.68 Å². The first kappa shape index (κ1) is 16.8. The van der Waals surface area contributed by atoms with Crippen molar-refractivity contribution in [3.8, 4) is 0 Å². The smallest absolute Gasteiger partial charge is 0.240 e. The number of para-hydroxylation sites is 1. The molecule has 1 aliphatic heterocycles. The summed E-state index contributed by atoms with van der Waals surface area (Å²) < 4.78 is 7.00. The summed E-state index contributed by atoms with van der Waals surface area (Å²) in [5.74, 6) is 0.845. The van der Waals surface area contributed by atoms with Crippen LogP contribution in [0.15, 0.2) is 52.2 Å². The van der Waals surface area contributed by atoms with Crippen molar-refractivity contribution in [3.05, 3.63) is 54.0 Å². The monoisotopic (exact) mass is 369 g/mol. The molecule has 0 spiro atoms. The van der Waals surface area contributed by atoms with Crippen LogP contribution in [0, 0.1) is 0 Å². The molecule has 2 aromatic heterocycles. The van der Waals surface area contributed by atoms with Gasteiger partial charge in [0.15, 0.2) is 0 Å². The van der Waals surface area contributed by atoms with Gasteiger partial charge in [-0.3, -0.25) is 4.79 Å². The number of carbonyl (C=O) groups is 1. The number of thioether (sulfide) groups is 1. The molecule has 3 aromatic rings. The van der Waals surface area contributed by atoms with E-state index in [-0.39, 0.29) is 11.2 Å². The van der Waals surface area contributed by atoms with E-state index in [9.17, 15) is 4.79 Å². The standard InChI is InChI=1S/C18H19N5O2S/c1-13(17(24)22-10-4-7-14-6-2-3-9-16(14)22)26-18-19-20-21-23(18)12-15-8-5-11-25-15/h2-3,5-6,8-9,11,13H,4,7,10,12H2,1H3. The third kappa shape index (κ3) is 3.37. The van der Waals surface area contributed by atoms with Crippen LogP contribution in [0.4, 0.5) is 5.69 Å². The highest BCUT2D eigenvalue weighted by Crippen LogP contribution is 2.30. The lowest BCUT2D eigenvalue weighted by Gasteiger charge is -2.31. The second-order valence-electron chi connectivity index (χ2n) is 6.18. The summed E-state index contributed by atoms with van der Waals surface area (Å²) in [7, 11) is 0. The molecule has 4 rings (SSSR count). The fraction of sp³-hybridized carbons (Fsp3) is 0.333. The summed E-state index contributed by atoms with van der Waals surface area (Å²) in [5.41, 5.74) is 2.25. The zero-order chi connectivity index (χ0) is 17.9. The lowest BCUT2D eigenvalue weighted by atomic mass is 10.0. The van der Waals surface area contributed by atoms with E-state index in [1.54, 1.807) is 10.9 Å². The predicted octanol–water partition coefficient (Wildman–Crippen LogP) is 2.77. The van der Waals surface area contributed by atoms with Crippen LogP contribution in [0.2, 0.25) is 0 Å². The van der Waals surface area contributed by atoms with Crippen molar-refractivity contribution >= 4 is 23.4 Å². The molecule has 0 bridgehead atoms. The van der Waals surface area contributed by atoms with Crippen molar-refractivity contribution in [2.24, 2.45) is 0 Å². The van der Waals surface area contributed by atoms with Crippen LogP contribution in [-0.4, -0.2) is 37.9 Å². The van der Waals surface area contributed by atoms with Gasteiger partial charge in [0.2, 0.25) is 11.1 Å². The summed E-state index contributed by atoms with van der Waals surface area (Å²) in [5, 5.41) is 12.1. The summed E-state index contributed by atoms with van der Waals surface area (Å²) in [4.78, 5) is 14.9. The first-order chi connectivity index (χ1) is 12.7. The van der Waals surface area contributed by atoms with Crippen LogP contribution >= 0.6 is 11.8 Å². The molecule has 1 unspecified atom stereocenters. The number of hydrogen-bond donors (Lipinski definition) is 0. The number of carbonyl (C=O) groups excluding carboxylic acids is 1. The Hall–Kier alpha value is -2.61. The van der Waals surface area contributed by atoms with E-state index < -0.39 is 0 Å². The Balaban J connectivity index is 1.48. The molecular weight excluding hydrogens is 350 g/mol. The number of amides is 1. The molecule has 26 heavy (non-hydrogen) atoms. The Labute approximate surface area is 155 Å². The Morgan fingerprint density at radius 1 is 1.31 bits per heavy atom. The molecule has 134 valence electrons. The van der Waals surface area contributed by atoms with Gasteiger partial charge < -0.3 is 9.32 Å². The lowest BCUT2D eigenvalue weighted by molar-refractivity contribution is -0.117.